The molecule has 124 valence electrons. The Kier molecular flexibility index (Phi) is 6.08. The highest BCUT2D eigenvalue weighted by molar-refractivity contribution is 7.62. The SMILES string of the molecule is CC1CCC(C(C)C)C(OP(c2ccccc2)C(C)(C)C)C1. The number of hydrogen-bond acceptors (Lipinski definition) is 1. The lowest BCUT2D eigenvalue weighted by Crippen LogP contribution is -2.35. The fraction of sp³-hybridized carbons (Fsp3) is 0.700. The molecular formula is C20H33OP. The van der Waals surface area contributed by atoms with Gasteiger partial charge in [-0.1, -0.05) is 78.3 Å². The lowest BCUT2D eigenvalue weighted by molar-refractivity contribution is 0.0546. The Hall–Kier alpha value is -0.390. The van der Waals surface area contributed by atoms with E-state index in [1.807, 2.05) is 0 Å². The first kappa shape index (κ1) is 18.0. The summed E-state index contributed by atoms with van der Waals surface area (Å²) in [6.45, 7) is 14.1. The molecule has 0 N–H and O–H groups in total. The van der Waals surface area contributed by atoms with Crippen LogP contribution < -0.4 is 5.30 Å². The van der Waals surface area contributed by atoms with Crippen LogP contribution in [0.25, 0.3) is 0 Å². The van der Waals surface area contributed by atoms with Crippen molar-refractivity contribution < 1.29 is 4.52 Å². The van der Waals surface area contributed by atoms with Gasteiger partial charge in [0.15, 0.2) is 0 Å². The van der Waals surface area contributed by atoms with Gasteiger partial charge in [-0.15, -0.1) is 0 Å². The summed E-state index contributed by atoms with van der Waals surface area (Å²) in [7, 11) is -0.590. The second-order valence-corrected chi connectivity index (χ2v) is 10.9. The Morgan fingerprint density at radius 3 is 2.27 bits per heavy atom. The van der Waals surface area contributed by atoms with Crippen molar-refractivity contribution in [1.82, 2.24) is 0 Å². The van der Waals surface area contributed by atoms with Crippen LogP contribution in [0.4, 0.5) is 0 Å². The van der Waals surface area contributed by atoms with Gasteiger partial charge < -0.3 is 4.52 Å². The van der Waals surface area contributed by atoms with Crippen molar-refractivity contribution in [2.45, 2.75) is 72.1 Å². The van der Waals surface area contributed by atoms with Gasteiger partial charge in [0.1, 0.15) is 0 Å². The van der Waals surface area contributed by atoms with Crippen LogP contribution in [0.2, 0.25) is 0 Å². The molecule has 1 aliphatic carbocycles. The molecule has 0 saturated heterocycles. The third-order valence-corrected chi connectivity index (χ3v) is 7.27. The largest absolute Gasteiger partial charge is 0.350 e. The van der Waals surface area contributed by atoms with Gasteiger partial charge in [-0.05, 0) is 30.6 Å². The number of rotatable bonds is 4. The number of benzene rings is 1. The Balaban J connectivity index is 2.21. The van der Waals surface area contributed by atoms with Crippen molar-refractivity contribution >= 4 is 13.5 Å². The summed E-state index contributed by atoms with van der Waals surface area (Å²) in [6.07, 6.45) is 4.34. The van der Waals surface area contributed by atoms with E-state index in [4.69, 9.17) is 4.52 Å². The van der Waals surface area contributed by atoms with Gasteiger partial charge >= 0.3 is 0 Å². The van der Waals surface area contributed by atoms with Crippen molar-refractivity contribution in [3.63, 3.8) is 0 Å². The Labute approximate surface area is 138 Å². The molecule has 0 amide bonds. The topological polar surface area (TPSA) is 9.23 Å². The molecule has 1 aliphatic rings. The third-order valence-electron chi connectivity index (χ3n) is 4.80. The van der Waals surface area contributed by atoms with E-state index in [1.165, 1.54) is 24.6 Å². The zero-order chi connectivity index (χ0) is 16.3. The van der Waals surface area contributed by atoms with Crippen LogP contribution >= 0.6 is 8.15 Å². The smallest absolute Gasteiger partial charge is 0.0662 e. The Morgan fingerprint density at radius 1 is 1.09 bits per heavy atom. The van der Waals surface area contributed by atoms with Crippen LogP contribution in [0, 0.1) is 17.8 Å². The molecule has 1 fully saturated rings. The lowest BCUT2D eigenvalue weighted by atomic mass is 9.75. The Morgan fingerprint density at radius 2 is 1.73 bits per heavy atom. The van der Waals surface area contributed by atoms with Gasteiger partial charge in [-0.3, -0.25) is 0 Å². The molecule has 4 unspecified atom stereocenters. The van der Waals surface area contributed by atoms with Crippen LogP contribution in [-0.2, 0) is 4.52 Å². The van der Waals surface area contributed by atoms with E-state index < -0.39 is 8.15 Å². The van der Waals surface area contributed by atoms with Crippen molar-refractivity contribution in [3.8, 4) is 0 Å². The van der Waals surface area contributed by atoms with E-state index >= 15 is 0 Å². The van der Waals surface area contributed by atoms with Crippen molar-refractivity contribution in [1.29, 1.82) is 0 Å². The zero-order valence-corrected chi connectivity index (χ0v) is 16.1. The van der Waals surface area contributed by atoms with Gasteiger partial charge in [0.05, 0.1) is 14.3 Å². The summed E-state index contributed by atoms with van der Waals surface area (Å²) in [5.74, 6) is 2.23. The molecule has 2 rings (SSSR count). The van der Waals surface area contributed by atoms with E-state index in [0.717, 1.165) is 5.92 Å². The van der Waals surface area contributed by atoms with Crippen molar-refractivity contribution in [2.24, 2.45) is 17.8 Å². The predicted octanol–water partition coefficient (Wildman–Crippen LogP) is 5.98. The lowest BCUT2D eigenvalue weighted by Gasteiger charge is -2.42. The minimum atomic E-state index is -0.590. The fourth-order valence-corrected chi connectivity index (χ4v) is 5.71. The monoisotopic (exact) mass is 320 g/mol. The third kappa shape index (κ3) is 4.56. The van der Waals surface area contributed by atoms with E-state index in [0.29, 0.717) is 17.9 Å². The molecule has 0 aromatic heterocycles. The molecule has 2 heteroatoms. The molecule has 0 radical (unpaired) electrons. The van der Waals surface area contributed by atoms with Gasteiger partial charge in [-0.2, -0.15) is 0 Å². The van der Waals surface area contributed by atoms with Crippen molar-refractivity contribution in [2.75, 3.05) is 0 Å². The summed E-state index contributed by atoms with van der Waals surface area (Å²) >= 11 is 0. The summed E-state index contributed by atoms with van der Waals surface area (Å²) in [6, 6.07) is 10.9. The fourth-order valence-electron chi connectivity index (χ4n) is 3.54. The molecule has 0 aliphatic heterocycles. The van der Waals surface area contributed by atoms with Crippen LogP contribution in [0.15, 0.2) is 30.3 Å². The van der Waals surface area contributed by atoms with E-state index in [-0.39, 0.29) is 5.16 Å². The van der Waals surface area contributed by atoms with Crippen LogP contribution in [-0.4, -0.2) is 11.3 Å². The summed E-state index contributed by atoms with van der Waals surface area (Å²) in [5, 5.41) is 1.56. The van der Waals surface area contributed by atoms with Crippen LogP contribution in [0.3, 0.4) is 0 Å². The molecule has 1 nitrogen and oxygen atoms in total. The highest BCUT2D eigenvalue weighted by Crippen LogP contribution is 2.53. The maximum absolute atomic E-state index is 6.85. The van der Waals surface area contributed by atoms with Gasteiger partial charge in [0.25, 0.3) is 0 Å². The van der Waals surface area contributed by atoms with Crippen molar-refractivity contribution in [3.05, 3.63) is 30.3 Å². The standard InChI is InChI=1S/C20H33OP/c1-15(2)18-13-12-16(3)14-19(18)21-22(20(4,5)6)17-10-8-7-9-11-17/h7-11,15-16,18-19H,12-14H2,1-6H3. The first-order valence-corrected chi connectivity index (χ1v) is 10.1. The molecule has 0 bridgehead atoms. The summed E-state index contributed by atoms with van der Waals surface area (Å²) < 4.78 is 6.85. The first-order valence-electron chi connectivity index (χ1n) is 8.81. The second kappa shape index (κ2) is 7.45. The first-order chi connectivity index (χ1) is 10.3. The maximum Gasteiger partial charge on any atom is 0.0662 e. The molecular weight excluding hydrogens is 287 g/mol. The molecule has 4 atom stereocenters. The zero-order valence-electron chi connectivity index (χ0n) is 15.2. The summed E-state index contributed by atoms with van der Waals surface area (Å²) in [5.41, 5.74) is 0. The molecule has 1 aromatic carbocycles. The quantitative estimate of drug-likeness (QED) is 0.620. The summed E-state index contributed by atoms with van der Waals surface area (Å²) in [4.78, 5) is 0. The van der Waals surface area contributed by atoms with E-state index in [9.17, 15) is 0 Å². The Bertz CT molecular complexity index is 449. The minimum absolute atomic E-state index is 0.179. The predicted molar refractivity (Wildman–Crippen MR) is 99.0 cm³/mol. The highest BCUT2D eigenvalue weighted by atomic mass is 31.1. The average Bonchev–Trinajstić information content (AvgIpc) is 2.44. The normalized spacial score (nSPS) is 27.9. The molecule has 0 heterocycles. The van der Waals surface area contributed by atoms with Gasteiger partial charge in [0, 0.05) is 10.5 Å². The van der Waals surface area contributed by atoms with Gasteiger partial charge in [0.2, 0.25) is 0 Å². The molecule has 0 spiro atoms. The molecule has 22 heavy (non-hydrogen) atoms. The highest BCUT2D eigenvalue weighted by Gasteiger charge is 2.36. The van der Waals surface area contributed by atoms with Crippen LogP contribution in [0.5, 0.6) is 0 Å². The van der Waals surface area contributed by atoms with E-state index in [2.05, 4.69) is 71.9 Å². The van der Waals surface area contributed by atoms with Gasteiger partial charge in [-0.25, -0.2) is 0 Å². The maximum atomic E-state index is 6.85. The molecule has 1 saturated carbocycles. The average molecular weight is 320 g/mol. The number of hydrogen-bond donors (Lipinski definition) is 0. The van der Waals surface area contributed by atoms with Crippen LogP contribution in [0.1, 0.15) is 60.8 Å². The van der Waals surface area contributed by atoms with E-state index in [1.54, 1.807) is 0 Å². The second-order valence-electron chi connectivity index (χ2n) is 8.27. The molecule has 1 aromatic rings. The minimum Gasteiger partial charge on any atom is -0.350 e.